The van der Waals surface area contributed by atoms with Gasteiger partial charge in [0.25, 0.3) is 0 Å². The quantitative estimate of drug-likeness (QED) is 0.793. The van der Waals surface area contributed by atoms with Crippen LogP contribution in [-0.4, -0.2) is 35.3 Å². The van der Waals surface area contributed by atoms with E-state index in [1.54, 1.807) is 17.1 Å². The number of nitrogens with zero attached hydrogens (tertiary/aromatic N) is 1. The molecule has 2 amide bonds. The molecule has 106 valence electrons. The van der Waals surface area contributed by atoms with E-state index in [9.17, 15) is 9.59 Å². The van der Waals surface area contributed by atoms with Crippen molar-refractivity contribution >= 4 is 11.8 Å². The van der Waals surface area contributed by atoms with Gasteiger partial charge in [-0.3, -0.25) is 9.59 Å². The van der Waals surface area contributed by atoms with Gasteiger partial charge in [0, 0.05) is 25.2 Å². The minimum Gasteiger partial charge on any atom is -0.346 e. The Labute approximate surface area is 115 Å². The van der Waals surface area contributed by atoms with Gasteiger partial charge >= 0.3 is 0 Å². The average molecular weight is 264 g/mol. The third-order valence-electron chi connectivity index (χ3n) is 3.04. The van der Waals surface area contributed by atoms with Crippen LogP contribution in [0.4, 0.5) is 0 Å². The fourth-order valence-corrected chi connectivity index (χ4v) is 2.19. The van der Waals surface area contributed by atoms with Crippen LogP contribution in [-0.2, 0) is 9.59 Å². The van der Waals surface area contributed by atoms with Gasteiger partial charge in [-0.1, -0.05) is 11.1 Å². The largest absolute Gasteiger partial charge is 0.346 e. The Morgan fingerprint density at radius 2 is 1.68 bits per heavy atom. The summed E-state index contributed by atoms with van der Waals surface area (Å²) in [5, 5.41) is 2.99. The lowest BCUT2D eigenvalue weighted by atomic mass is 10.0. The summed E-state index contributed by atoms with van der Waals surface area (Å²) in [6, 6.07) is 0. The summed E-state index contributed by atoms with van der Waals surface area (Å²) in [6.45, 7) is 10.8. The Bertz CT molecular complexity index is 429. The highest BCUT2D eigenvalue weighted by Gasteiger charge is 2.36. The minimum absolute atomic E-state index is 0.0280. The molecule has 0 aromatic heterocycles. The maximum Gasteiger partial charge on any atom is 0.246 e. The number of rotatable bonds is 3. The summed E-state index contributed by atoms with van der Waals surface area (Å²) >= 11 is 0. The number of carbonyl (C=O) groups excluding carboxylic acids is 2. The first-order chi connectivity index (χ1) is 8.72. The zero-order chi connectivity index (χ0) is 14.6. The fraction of sp³-hybridized carbons (Fsp3) is 0.600. The Kier molecular flexibility index (Phi) is 4.92. The second-order valence-corrected chi connectivity index (χ2v) is 6.00. The van der Waals surface area contributed by atoms with E-state index in [2.05, 4.69) is 5.32 Å². The smallest absolute Gasteiger partial charge is 0.246 e. The molecule has 1 aliphatic heterocycles. The molecule has 1 saturated heterocycles. The van der Waals surface area contributed by atoms with Gasteiger partial charge in [-0.05, 0) is 41.0 Å². The standard InChI is InChI=1S/C15H24N2O2/c1-11(2)8-13(18)16-15(5)6-7-17(10-15)14(19)9-12(3)4/h8-9H,6-7,10H2,1-5H3,(H,16,18)/t15-/m1/s1. The van der Waals surface area contributed by atoms with Gasteiger partial charge in [-0.15, -0.1) is 0 Å². The van der Waals surface area contributed by atoms with Gasteiger partial charge in [-0.25, -0.2) is 0 Å². The molecule has 1 fully saturated rings. The molecule has 0 saturated carbocycles. The zero-order valence-corrected chi connectivity index (χ0v) is 12.5. The first kappa shape index (κ1) is 15.5. The van der Waals surface area contributed by atoms with Gasteiger partial charge in [0.2, 0.25) is 11.8 Å². The SMILES string of the molecule is CC(C)=CC(=O)N[C@]1(C)CCN(C(=O)C=C(C)C)C1. The topological polar surface area (TPSA) is 49.4 Å². The summed E-state index contributed by atoms with van der Waals surface area (Å²) in [5.41, 5.74) is 1.64. The molecule has 4 heteroatoms. The molecule has 0 aromatic carbocycles. The van der Waals surface area contributed by atoms with Gasteiger partial charge in [0.05, 0.1) is 5.54 Å². The molecule has 0 radical (unpaired) electrons. The second-order valence-electron chi connectivity index (χ2n) is 6.00. The molecule has 1 N–H and O–H groups in total. The van der Waals surface area contributed by atoms with E-state index < -0.39 is 0 Å². The predicted molar refractivity (Wildman–Crippen MR) is 76.6 cm³/mol. The number of hydrogen-bond acceptors (Lipinski definition) is 2. The number of hydrogen-bond donors (Lipinski definition) is 1. The van der Waals surface area contributed by atoms with E-state index in [1.165, 1.54) is 0 Å². The third kappa shape index (κ3) is 4.89. The predicted octanol–water partition coefficient (Wildman–Crippen LogP) is 2.03. The van der Waals surface area contributed by atoms with Crippen LogP contribution in [0.2, 0.25) is 0 Å². The van der Waals surface area contributed by atoms with Crippen LogP contribution in [0.25, 0.3) is 0 Å². The molecule has 1 aliphatic rings. The second kappa shape index (κ2) is 6.04. The molecular formula is C15H24N2O2. The van der Waals surface area contributed by atoms with E-state index in [4.69, 9.17) is 0 Å². The highest BCUT2D eigenvalue weighted by Crippen LogP contribution is 2.21. The maximum atomic E-state index is 11.9. The van der Waals surface area contributed by atoms with E-state index in [1.807, 2.05) is 34.6 Å². The molecular weight excluding hydrogens is 240 g/mol. The van der Waals surface area contributed by atoms with Crippen LogP contribution < -0.4 is 5.32 Å². The average Bonchev–Trinajstić information content (AvgIpc) is 2.57. The van der Waals surface area contributed by atoms with Crippen molar-refractivity contribution in [2.24, 2.45) is 0 Å². The van der Waals surface area contributed by atoms with Crippen molar-refractivity contribution in [2.45, 2.75) is 46.6 Å². The molecule has 0 aliphatic carbocycles. The van der Waals surface area contributed by atoms with Crippen LogP contribution >= 0.6 is 0 Å². The van der Waals surface area contributed by atoms with Crippen LogP contribution in [0.5, 0.6) is 0 Å². The van der Waals surface area contributed by atoms with Crippen molar-refractivity contribution in [1.82, 2.24) is 10.2 Å². The maximum absolute atomic E-state index is 11.9. The van der Waals surface area contributed by atoms with Crippen LogP contribution in [0.1, 0.15) is 41.0 Å². The van der Waals surface area contributed by atoms with Crippen LogP contribution in [0.3, 0.4) is 0 Å². The van der Waals surface area contributed by atoms with Crippen molar-refractivity contribution in [3.63, 3.8) is 0 Å². The minimum atomic E-state index is -0.325. The molecule has 0 unspecified atom stereocenters. The van der Waals surface area contributed by atoms with E-state index in [0.717, 1.165) is 17.6 Å². The highest BCUT2D eigenvalue weighted by molar-refractivity contribution is 5.90. The van der Waals surface area contributed by atoms with Crippen molar-refractivity contribution in [3.05, 3.63) is 23.3 Å². The van der Waals surface area contributed by atoms with Crippen molar-refractivity contribution in [1.29, 1.82) is 0 Å². The summed E-state index contributed by atoms with van der Waals surface area (Å²) in [4.78, 5) is 25.5. The lowest BCUT2D eigenvalue weighted by Crippen LogP contribution is -2.48. The Balaban J connectivity index is 2.64. The Morgan fingerprint density at radius 1 is 1.11 bits per heavy atom. The Hall–Kier alpha value is -1.58. The number of likely N-dealkylation sites (tertiary alicyclic amines) is 1. The van der Waals surface area contributed by atoms with Crippen LogP contribution in [0, 0.1) is 0 Å². The van der Waals surface area contributed by atoms with Gasteiger partial charge < -0.3 is 10.2 Å². The zero-order valence-electron chi connectivity index (χ0n) is 12.5. The molecule has 19 heavy (non-hydrogen) atoms. The molecule has 1 heterocycles. The van der Waals surface area contributed by atoms with Crippen molar-refractivity contribution in [3.8, 4) is 0 Å². The van der Waals surface area contributed by atoms with Crippen LogP contribution in [0.15, 0.2) is 23.3 Å². The fourth-order valence-electron chi connectivity index (χ4n) is 2.19. The first-order valence-electron chi connectivity index (χ1n) is 6.63. The van der Waals surface area contributed by atoms with Crippen molar-refractivity contribution in [2.75, 3.05) is 13.1 Å². The van der Waals surface area contributed by atoms with E-state index in [0.29, 0.717) is 13.1 Å². The number of amides is 2. The third-order valence-corrected chi connectivity index (χ3v) is 3.04. The number of nitrogens with one attached hydrogen (secondary N) is 1. The summed E-state index contributed by atoms with van der Waals surface area (Å²) < 4.78 is 0. The number of allylic oxidation sites excluding steroid dienone is 2. The summed E-state index contributed by atoms with van der Waals surface area (Å²) in [7, 11) is 0. The van der Waals surface area contributed by atoms with Gasteiger partial charge in [0.1, 0.15) is 0 Å². The first-order valence-corrected chi connectivity index (χ1v) is 6.63. The normalized spacial score (nSPS) is 21.8. The number of carbonyl (C=O) groups is 2. The molecule has 0 bridgehead atoms. The Morgan fingerprint density at radius 3 is 2.21 bits per heavy atom. The molecule has 0 aromatic rings. The summed E-state index contributed by atoms with van der Waals surface area (Å²) in [6.07, 6.45) is 4.02. The van der Waals surface area contributed by atoms with Gasteiger partial charge in [-0.2, -0.15) is 0 Å². The molecule has 4 nitrogen and oxygen atoms in total. The summed E-state index contributed by atoms with van der Waals surface area (Å²) in [5.74, 6) is -0.0563. The molecule has 1 rings (SSSR count). The molecule has 0 spiro atoms. The molecule has 1 atom stereocenters. The monoisotopic (exact) mass is 264 g/mol. The van der Waals surface area contributed by atoms with Crippen molar-refractivity contribution < 1.29 is 9.59 Å². The van der Waals surface area contributed by atoms with Gasteiger partial charge in [0.15, 0.2) is 0 Å². The van der Waals surface area contributed by atoms with E-state index in [-0.39, 0.29) is 17.4 Å². The lowest BCUT2D eigenvalue weighted by molar-refractivity contribution is -0.126. The van der Waals surface area contributed by atoms with E-state index >= 15 is 0 Å². The lowest BCUT2D eigenvalue weighted by Gasteiger charge is -2.25. The highest BCUT2D eigenvalue weighted by atomic mass is 16.2.